The monoisotopic (exact) mass is 366 g/mol. The first-order chi connectivity index (χ1) is 12.8. The number of carbonyl (C=O) groups is 1. The number of rotatable bonds is 5. The first kappa shape index (κ1) is 20.4. The Morgan fingerprint density at radius 2 is 1.85 bits per heavy atom. The van der Waals surface area contributed by atoms with Gasteiger partial charge in [0.05, 0.1) is 0 Å². The highest BCUT2D eigenvalue weighted by Gasteiger charge is 2.57. The molecule has 0 radical (unpaired) electrons. The molecule has 1 nitrogen and oxygen atoms in total. The van der Waals surface area contributed by atoms with E-state index in [9.17, 15) is 4.79 Å². The molecule has 2 aliphatic rings. The maximum Gasteiger partial charge on any atom is 0.166 e. The molecule has 1 fully saturated rings. The molecule has 0 aliphatic heterocycles. The first-order valence-corrected chi connectivity index (χ1v) is 11.1. The van der Waals surface area contributed by atoms with Gasteiger partial charge in [-0.25, -0.2) is 0 Å². The molecule has 0 amide bonds. The van der Waals surface area contributed by atoms with Crippen LogP contribution in [0.25, 0.3) is 0 Å². The van der Waals surface area contributed by atoms with Gasteiger partial charge >= 0.3 is 0 Å². The standard InChI is InChI=1S/C26H38O/c1-6-8-9-16-22-20-14-10-11-15-21(20)24(27)23-17-12-13-19(18-25(3,4)5)26(22,23)7-2/h8-11,14-15,19,22-23H,6-7,12-13,16-18H2,1-5H3. The van der Waals surface area contributed by atoms with E-state index in [1.807, 2.05) is 6.07 Å². The van der Waals surface area contributed by atoms with Crippen molar-refractivity contribution in [3.8, 4) is 0 Å². The van der Waals surface area contributed by atoms with Crippen molar-refractivity contribution in [1.29, 1.82) is 0 Å². The van der Waals surface area contributed by atoms with Gasteiger partial charge in [-0.05, 0) is 66.8 Å². The summed E-state index contributed by atoms with van der Waals surface area (Å²) < 4.78 is 0. The van der Waals surface area contributed by atoms with E-state index in [2.05, 4.69) is 65.0 Å². The molecule has 1 aromatic rings. The number of hydrogen-bond donors (Lipinski definition) is 0. The fourth-order valence-electron chi connectivity index (χ4n) is 6.35. The van der Waals surface area contributed by atoms with Gasteiger partial charge in [-0.2, -0.15) is 0 Å². The summed E-state index contributed by atoms with van der Waals surface area (Å²) in [5, 5.41) is 0. The van der Waals surface area contributed by atoms with E-state index >= 15 is 0 Å². The Balaban J connectivity index is 2.15. The lowest BCUT2D eigenvalue weighted by Gasteiger charge is -2.57. The molecule has 1 saturated carbocycles. The number of ketones is 1. The second kappa shape index (κ2) is 7.94. The summed E-state index contributed by atoms with van der Waals surface area (Å²) in [6, 6.07) is 8.51. The third-order valence-electron chi connectivity index (χ3n) is 7.27. The number of benzene rings is 1. The molecule has 4 atom stereocenters. The smallest absolute Gasteiger partial charge is 0.166 e. The highest BCUT2D eigenvalue weighted by molar-refractivity contribution is 6.01. The van der Waals surface area contributed by atoms with Gasteiger partial charge in [0.1, 0.15) is 0 Å². The van der Waals surface area contributed by atoms with Crippen molar-refractivity contribution < 1.29 is 4.79 Å². The summed E-state index contributed by atoms with van der Waals surface area (Å²) in [6.45, 7) is 11.7. The summed E-state index contributed by atoms with van der Waals surface area (Å²) in [5.74, 6) is 1.75. The van der Waals surface area contributed by atoms with Crippen LogP contribution in [0, 0.1) is 22.7 Å². The highest BCUT2D eigenvalue weighted by atomic mass is 16.1. The Morgan fingerprint density at radius 3 is 2.52 bits per heavy atom. The van der Waals surface area contributed by atoms with Crippen LogP contribution in [-0.4, -0.2) is 5.78 Å². The van der Waals surface area contributed by atoms with Gasteiger partial charge in [-0.1, -0.05) is 77.5 Å². The zero-order valence-corrected chi connectivity index (χ0v) is 18.1. The number of Topliss-reactive ketones (excluding diaryl/α,β-unsaturated/α-hetero) is 1. The third-order valence-corrected chi connectivity index (χ3v) is 7.27. The number of hydrogen-bond acceptors (Lipinski definition) is 1. The van der Waals surface area contributed by atoms with Gasteiger partial charge < -0.3 is 0 Å². The molecular formula is C26H38O. The largest absolute Gasteiger partial charge is 0.294 e. The lowest BCUT2D eigenvalue weighted by Crippen LogP contribution is -2.52. The number of fused-ring (bicyclic) bond motifs is 2. The van der Waals surface area contributed by atoms with Crippen molar-refractivity contribution in [3.05, 3.63) is 47.5 Å². The molecule has 0 spiro atoms. The van der Waals surface area contributed by atoms with Crippen LogP contribution in [0.1, 0.15) is 101 Å². The van der Waals surface area contributed by atoms with Crippen LogP contribution in [0.5, 0.6) is 0 Å². The first-order valence-electron chi connectivity index (χ1n) is 11.1. The van der Waals surface area contributed by atoms with Gasteiger partial charge in [0.15, 0.2) is 5.78 Å². The Bertz CT molecular complexity index is 692. The van der Waals surface area contributed by atoms with Crippen LogP contribution >= 0.6 is 0 Å². The molecule has 0 heterocycles. The van der Waals surface area contributed by atoms with Gasteiger partial charge in [-0.15, -0.1) is 0 Å². The lowest BCUT2D eigenvalue weighted by molar-refractivity contribution is -0.0245. The van der Waals surface area contributed by atoms with Crippen LogP contribution in [0.4, 0.5) is 0 Å². The number of allylic oxidation sites excluding steroid dienone is 2. The predicted molar refractivity (Wildman–Crippen MR) is 115 cm³/mol. The molecule has 27 heavy (non-hydrogen) atoms. The van der Waals surface area contributed by atoms with E-state index in [4.69, 9.17) is 0 Å². The zero-order chi connectivity index (χ0) is 19.7. The van der Waals surface area contributed by atoms with E-state index in [1.54, 1.807) is 0 Å². The van der Waals surface area contributed by atoms with Crippen molar-refractivity contribution in [3.63, 3.8) is 0 Å². The average Bonchev–Trinajstić information content (AvgIpc) is 2.63. The summed E-state index contributed by atoms with van der Waals surface area (Å²) in [5.41, 5.74) is 2.76. The number of carbonyl (C=O) groups excluding carboxylic acids is 1. The topological polar surface area (TPSA) is 17.1 Å². The van der Waals surface area contributed by atoms with E-state index in [-0.39, 0.29) is 11.3 Å². The molecule has 0 bridgehead atoms. The Kier molecular flexibility index (Phi) is 5.99. The van der Waals surface area contributed by atoms with Crippen molar-refractivity contribution in [2.45, 2.75) is 85.5 Å². The minimum Gasteiger partial charge on any atom is -0.294 e. The summed E-state index contributed by atoms with van der Waals surface area (Å²) >= 11 is 0. The molecule has 0 aromatic heterocycles. The summed E-state index contributed by atoms with van der Waals surface area (Å²) in [7, 11) is 0. The molecule has 1 heteroatoms. The molecule has 1 aromatic carbocycles. The molecule has 3 rings (SSSR count). The molecule has 4 unspecified atom stereocenters. The van der Waals surface area contributed by atoms with E-state index in [0.717, 1.165) is 31.2 Å². The Hall–Kier alpha value is -1.37. The van der Waals surface area contributed by atoms with E-state index in [0.29, 0.717) is 23.0 Å². The second-order valence-corrected chi connectivity index (χ2v) is 10.0. The molecular weight excluding hydrogens is 328 g/mol. The molecule has 0 saturated heterocycles. The van der Waals surface area contributed by atoms with Crippen LogP contribution in [0.3, 0.4) is 0 Å². The highest BCUT2D eigenvalue weighted by Crippen LogP contribution is 2.63. The SMILES string of the molecule is CCC=CCC1c2ccccc2C(=O)C2CCCC(CC(C)(C)C)C21CC. The van der Waals surface area contributed by atoms with Gasteiger partial charge in [0.25, 0.3) is 0 Å². The van der Waals surface area contributed by atoms with Crippen molar-refractivity contribution in [2.24, 2.45) is 22.7 Å². The van der Waals surface area contributed by atoms with Crippen LogP contribution < -0.4 is 0 Å². The van der Waals surface area contributed by atoms with E-state index < -0.39 is 0 Å². The summed E-state index contributed by atoms with van der Waals surface area (Å²) in [4.78, 5) is 13.6. The van der Waals surface area contributed by atoms with Gasteiger partial charge in [0.2, 0.25) is 0 Å². The molecule has 2 aliphatic carbocycles. The van der Waals surface area contributed by atoms with Gasteiger partial charge in [-0.3, -0.25) is 4.79 Å². The minimum atomic E-state index is 0.120. The van der Waals surface area contributed by atoms with E-state index in [1.165, 1.54) is 24.8 Å². The minimum absolute atomic E-state index is 0.120. The lowest BCUT2D eigenvalue weighted by atomic mass is 9.46. The zero-order valence-electron chi connectivity index (χ0n) is 18.1. The fourth-order valence-corrected chi connectivity index (χ4v) is 6.35. The second-order valence-electron chi connectivity index (χ2n) is 10.0. The van der Waals surface area contributed by atoms with Crippen molar-refractivity contribution in [2.75, 3.05) is 0 Å². The normalized spacial score (nSPS) is 31.0. The summed E-state index contributed by atoms with van der Waals surface area (Å²) in [6.07, 6.45) is 12.8. The van der Waals surface area contributed by atoms with Crippen LogP contribution in [0.2, 0.25) is 0 Å². The fraction of sp³-hybridized carbons (Fsp3) is 0.654. The molecule has 0 N–H and O–H groups in total. The van der Waals surface area contributed by atoms with Crippen LogP contribution in [-0.2, 0) is 0 Å². The van der Waals surface area contributed by atoms with Crippen molar-refractivity contribution in [1.82, 2.24) is 0 Å². The van der Waals surface area contributed by atoms with Crippen molar-refractivity contribution >= 4 is 5.78 Å². The Labute approximate surface area is 166 Å². The predicted octanol–water partition coefficient (Wildman–Crippen LogP) is 7.57. The maximum absolute atomic E-state index is 13.6. The molecule has 148 valence electrons. The quantitative estimate of drug-likeness (QED) is 0.491. The van der Waals surface area contributed by atoms with Crippen LogP contribution in [0.15, 0.2) is 36.4 Å². The third kappa shape index (κ3) is 3.67. The Morgan fingerprint density at radius 1 is 1.11 bits per heavy atom. The van der Waals surface area contributed by atoms with Gasteiger partial charge in [0, 0.05) is 11.5 Å². The average molecular weight is 367 g/mol. The maximum atomic E-state index is 13.6.